The van der Waals surface area contributed by atoms with Crippen LogP contribution < -0.4 is 4.74 Å². The van der Waals surface area contributed by atoms with Crippen molar-refractivity contribution in [1.29, 1.82) is 0 Å². The van der Waals surface area contributed by atoms with Crippen LogP contribution in [0.25, 0.3) is 0 Å². The molecule has 0 saturated heterocycles. The van der Waals surface area contributed by atoms with Crippen molar-refractivity contribution in [2.75, 3.05) is 0 Å². The number of ether oxygens (including phenoxy) is 1. The quantitative estimate of drug-likeness (QED) is 0.289. The van der Waals surface area contributed by atoms with Gasteiger partial charge in [0.05, 0.1) is 4.90 Å². The number of halogens is 1. The Morgan fingerprint density at radius 2 is 1.44 bits per heavy atom. The van der Waals surface area contributed by atoms with Crippen molar-refractivity contribution in [3.63, 3.8) is 0 Å². The van der Waals surface area contributed by atoms with Crippen molar-refractivity contribution in [3.8, 4) is 5.75 Å². The average molecular weight is 419 g/mol. The number of hydrogen-bond donors (Lipinski definition) is 1. The summed E-state index contributed by atoms with van der Waals surface area (Å²) in [5.74, 6) is -0.696. The second-order valence-electron chi connectivity index (χ2n) is 6.82. The Kier molecular flexibility index (Phi) is 11.4. The molecule has 0 saturated carbocycles. The van der Waals surface area contributed by atoms with Crippen molar-refractivity contribution in [2.24, 2.45) is 0 Å². The van der Waals surface area contributed by atoms with Crippen LogP contribution in [0.3, 0.4) is 0 Å². The highest BCUT2D eigenvalue weighted by Crippen LogP contribution is 2.21. The topological polar surface area (TPSA) is 80.7 Å². The molecule has 154 valence electrons. The number of hydrogen-bond acceptors (Lipinski definition) is 4. The first-order chi connectivity index (χ1) is 12.8. The third-order valence-corrected chi connectivity index (χ3v) is 5.85. The lowest BCUT2D eigenvalue weighted by atomic mass is 10.0. The fourth-order valence-electron chi connectivity index (χ4n) is 2.90. The smallest absolute Gasteiger partial charge is 0.344 e. The summed E-state index contributed by atoms with van der Waals surface area (Å²) in [5, 5.41) is 9.32. The maximum atomic E-state index is 11.4. The molecule has 1 rings (SSSR count). The molecule has 0 aromatic heterocycles. The molecule has 0 fully saturated rings. The molecule has 7 heteroatoms. The Hall–Kier alpha value is -1.27. The number of carboxylic acid groups (broad SMARTS) is 1. The zero-order chi connectivity index (χ0) is 20.1. The second kappa shape index (κ2) is 13.0. The molecule has 0 spiro atoms. The van der Waals surface area contributed by atoms with Gasteiger partial charge in [0, 0.05) is 10.7 Å². The van der Waals surface area contributed by atoms with Crippen LogP contribution in [0.15, 0.2) is 29.2 Å². The minimum absolute atomic E-state index is 0.0434. The lowest BCUT2D eigenvalue weighted by molar-refractivity contribution is -0.145. The summed E-state index contributed by atoms with van der Waals surface area (Å²) in [4.78, 5) is 11.3. The number of unbranched alkanes of at least 4 members (excludes halogenated alkanes) is 9. The summed E-state index contributed by atoms with van der Waals surface area (Å²) in [5.41, 5.74) is 0. The third kappa shape index (κ3) is 10.6. The number of carbonyl (C=O) groups is 1. The van der Waals surface area contributed by atoms with E-state index in [0.717, 1.165) is 19.3 Å². The molecular weight excluding hydrogens is 388 g/mol. The van der Waals surface area contributed by atoms with Crippen molar-refractivity contribution >= 4 is 25.7 Å². The fraction of sp³-hybridized carbons (Fsp3) is 0.650. The molecule has 0 amide bonds. The van der Waals surface area contributed by atoms with Gasteiger partial charge in [0.1, 0.15) is 5.75 Å². The first-order valence-corrected chi connectivity index (χ1v) is 12.1. The lowest BCUT2D eigenvalue weighted by Gasteiger charge is -2.15. The molecule has 0 bridgehead atoms. The van der Waals surface area contributed by atoms with Gasteiger partial charge in [0.15, 0.2) is 6.10 Å². The Morgan fingerprint density at radius 1 is 0.963 bits per heavy atom. The second-order valence-corrected chi connectivity index (χ2v) is 9.39. The van der Waals surface area contributed by atoms with Crippen LogP contribution >= 0.6 is 10.7 Å². The Balaban J connectivity index is 2.27. The minimum Gasteiger partial charge on any atom is -0.479 e. The first-order valence-electron chi connectivity index (χ1n) is 9.78. The van der Waals surface area contributed by atoms with Gasteiger partial charge in [-0.25, -0.2) is 13.2 Å². The van der Waals surface area contributed by atoms with Gasteiger partial charge in [-0.3, -0.25) is 0 Å². The first kappa shape index (κ1) is 23.8. The zero-order valence-electron chi connectivity index (χ0n) is 16.0. The van der Waals surface area contributed by atoms with Crippen LogP contribution in [0, 0.1) is 0 Å². The average Bonchev–Trinajstić information content (AvgIpc) is 2.61. The molecule has 1 N–H and O–H groups in total. The summed E-state index contributed by atoms with van der Waals surface area (Å²) in [6.07, 6.45) is 11.3. The predicted molar refractivity (Wildman–Crippen MR) is 108 cm³/mol. The van der Waals surface area contributed by atoms with Gasteiger partial charge in [0.25, 0.3) is 9.05 Å². The minimum atomic E-state index is -3.80. The van der Waals surface area contributed by atoms with E-state index < -0.39 is 21.1 Å². The van der Waals surface area contributed by atoms with Crippen molar-refractivity contribution < 1.29 is 23.1 Å². The summed E-state index contributed by atoms with van der Waals surface area (Å²) in [7, 11) is 1.46. The fourth-order valence-corrected chi connectivity index (χ4v) is 3.66. The number of rotatable bonds is 15. The van der Waals surface area contributed by atoms with Crippen LogP contribution in [0.2, 0.25) is 0 Å². The van der Waals surface area contributed by atoms with Gasteiger partial charge < -0.3 is 9.84 Å². The summed E-state index contributed by atoms with van der Waals surface area (Å²) in [6.45, 7) is 2.22. The van der Waals surface area contributed by atoms with E-state index in [1.54, 1.807) is 0 Å². The molecule has 0 aliphatic heterocycles. The van der Waals surface area contributed by atoms with Crippen molar-refractivity contribution in [2.45, 2.75) is 88.6 Å². The normalized spacial score (nSPS) is 12.7. The van der Waals surface area contributed by atoms with E-state index >= 15 is 0 Å². The molecule has 1 aromatic rings. The van der Waals surface area contributed by atoms with Crippen molar-refractivity contribution in [3.05, 3.63) is 24.3 Å². The predicted octanol–water partition coefficient (Wildman–Crippen LogP) is 5.76. The van der Waals surface area contributed by atoms with E-state index in [9.17, 15) is 18.3 Å². The Morgan fingerprint density at radius 3 is 1.89 bits per heavy atom. The highest BCUT2D eigenvalue weighted by atomic mass is 35.7. The lowest BCUT2D eigenvalue weighted by Crippen LogP contribution is -2.26. The van der Waals surface area contributed by atoms with Gasteiger partial charge in [-0.15, -0.1) is 0 Å². The number of aliphatic carboxylic acids is 1. The van der Waals surface area contributed by atoms with Crippen LogP contribution in [0.1, 0.15) is 77.6 Å². The van der Waals surface area contributed by atoms with Gasteiger partial charge in [0.2, 0.25) is 0 Å². The molecule has 1 atom stereocenters. The number of carboxylic acids is 1. The van der Waals surface area contributed by atoms with E-state index in [2.05, 4.69) is 6.92 Å². The molecule has 0 aliphatic carbocycles. The van der Waals surface area contributed by atoms with Gasteiger partial charge in [-0.2, -0.15) is 0 Å². The molecule has 27 heavy (non-hydrogen) atoms. The molecule has 0 radical (unpaired) electrons. The van der Waals surface area contributed by atoms with Crippen molar-refractivity contribution in [1.82, 2.24) is 0 Å². The van der Waals surface area contributed by atoms with Crippen LogP contribution in [0.4, 0.5) is 0 Å². The van der Waals surface area contributed by atoms with Gasteiger partial charge in [-0.1, -0.05) is 64.7 Å². The maximum absolute atomic E-state index is 11.4. The molecule has 1 aromatic carbocycles. The summed E-state index contributed by atoms with van der Waals surface area (Å²) >= 11 is 0. The van der Waals surface area contributed by atoms with E-state index in [1.165, 1.54) is 69.2 Å². The standard InChI is InChI=1S/C20H31ClO5S/c1-2-3-4-5-6-7-8-9-10-11-12-19(20(22)23)26-17-13-15-18(16-14-17)27(21,24)25/h13-16,19H,2-12H2,1H3,(H,22,23). The SMILES string of the molecule is CCCCCCCCCCCCC(Oc1ccc(S(=O)(=O)Cl)cc1)C(=O)O. The molecule has 5 nitrogen and oxygen atoms in total. The number of benzene rings is 1. The zero-order valence-corrected chi connectivity index (χ0v) is 17.6. The molecular formula is C20H31ClO5S. The maximum Gasteiger partial charge on any atom is 0.344 e. The van der Waals surface area contributed by atoms with Gasteiger partial charge in [-0.05, 0) is 37.1 Å². The molecule has 1 unspecified atom stereocenters. The van der Waals surface area contributed by atoms with Crippen LogP contribution in [-0.2, 0) is 13.8 Å². The van der Waals surface area contributed by atoms with Crippen LogP contribution in [-0.4, -0.2) is 25.6 Å². The molecule has 0 heterocycles. The van der Waals surface area contributed by atoms with E-state index in [4.69, 9.17) is 15.4 Å². The van der Waals surface area contributed by atoms with E-state index in [0.29, 0.717) is 12.2 Å². The monoisotopic (exact) mass is 418 g/mol. The highest BCUT2D eigenvalue weighted by molar-refractivity contribution is 8.13. The highest BCUT2D eigenvalue weighted by Gasteiger charge is 2.19. The largest absolute Gasteiger partial charge is 0.479 e. The Bertz CT molecular complexity index is 643. The van der Waals surface area contributed by atoms with E-state index in [-0.39, 0.29) is 4.90 Å². The third-order valence-electron chi connectivity index (χ3n) is 4.48. The summed E-state index contributed by atoms with van der Waals surface area (Å²) < 4.78 is 27.9. The summed E-state index contributed by atoms with van der Waals surface area (Å²) in [6, 6.07) is 5.45. The Labute approximate surface area is 167 Å². The van der Waals surface area contributed by atoms with E-state index in [1.807, 2.05) is 0 Å². The van der Waals surface area contributed by atoms with Crippen LogP contribution in [0.5, 0.6) is 5.75 Å². The molecule has 0 aliphatic rings. The van der Waals surface area contributed by atoms with Gasteiger partial charge >= 0.3 is 5.97 Å².